The number of imidazole rings is 1. The first kappa shape index (κ1) is 17.8. The number of ether oxygens (including phenoxy) is 1. The summed E-state index contributed by atoms with van der Waals surface area (Å²) in [5.41, 5.74) is 5.30. The molecule has 0 aromatic carbocycles. The summed E-state index contributed by atoms with van der Waals surface area (Å²) in [5.74, 6) is 0. The molecular weight excluding hydrogens is 276 g/mol. The molecule has 1 rings (SSSR count). The topological polar surface area (TPSA) is 47.1 Å². The predicted molar refractivity (Wildman–Crippen MR) is 89.9 cm³/mol. The van der Waals surface area contributed by atoms with Gasteiger partial charge < -0.3 is 10.5 Å². The van der Waals surface area contributed by atoms with Crippen molar-refractivity contribution in [3.05, 3.63) is 50.5 Å². The highest BCUT2D eigenvalue weighted by molar-refractivity contribution is 5.40. The zero-order valence-electron chi connectivity index (χ0n) is 13.3. The molecular formula is C17H28N4O+2. The van der Waals surface area contributed by atoms with E-state index in [4.69, 9.17) is 10.5 Å². The van der Waals surface area contributed by atoms with Crippen LogP contribution in [0, 0.1) is 0 Å². The Bertz CT molecular complexity index is 503. The largest absolute Gasteiger partial charge is 0.450 e. The molecule has 1 heterocycles. The van der Waals surface area contributed by atoms with Gasteiger partial charge in [0.2, 0.25) is 6.33 Å². The van der Waals surface area contributed by atoms with Gasteiger partial charge in [0.25, 0.3) is 0 Å². The van der Waals surface area contributed by atoms with E-state index >= 15 is 0 Å². The highest BCUT2D eigenvalue weighted by Crippen LogP contribution is 2.03. The minimum Gasteiger partial charge on any atom is -0.450 e. The molecule has 0 saturated carbocycles. The summed E-state index contributed by atoms with van der Waals surface area (Å²) in [6, 6.07) is 0. The predicted octanol–water partition coefficient (Wildman–Crippen LogP) is 2.46. The van der Waals surface area contributed by atoms with Gasteiger partial charge >= 0.3 is 6.40 Å². The van der Waals surface area contributed by atoms with E-state index in [1.807, 2.05) is 10.8 Å². The van der Waals surface area contributed by atoms with Crippen molar-refractivity contribution in [3.63, 3.8) is 0 Å². The Labute approximate surface area is 133 Å². The minimum atomic E-state index is 0.722. The lowest BCUT2D eigenvalue weighted by Crippen LogP contribution is -2.30. The van der Waals surface area contributed by atoms with Crippen molar-refractivity contribution in [1.29, 1.82) is 0 Å². The van der Waals surface area contributed by atoms with Crippen molar-refractivity contribution >= 4 is 12.6 Å². The molecule has 0 bridgehead atoms. The van der Waals surface area contributed by atoms with Crippen LogP contribution in [-0.2, 0) is 11.3 Å². The number of hydrogen-bond donors (Lipinski definition) is 1. The van der Waals surface area contributed by atoms with E-state index in [0.29, 0.717) is 0 Å². The molecule has 0 aliphatic heterocycles. The van der Waals surface area contributed by atoms with Gasteiger partial charge in [-0.25, -0.2) is 9.13 Å². The van der Waals surface area contributed by atoms with Crippen LogP contribution in [0.4, 0.5) is 0 Å². The average Bonchev–Trinajstić information content (AvgIpc) is 3.00. The zero-order valence-corrected chi connectivity index (χ0v) is 13.3. The van der Waals surface area contributed by atoms with Crippen molar-refractivity contribution in [2.45, 2.75) is 38.6 Å². The summed E-state index contributed by atoms with van der Waals surface area (Å²) in [5, 5.41) is 0. The molecule has 0 radical (unpaired) electrons. The molecule has 22 heavy (non-hydrogen) atoms. The van der Waals surface area contributed by atoms with Crippen LogP contribution < -0.4 is 10.3 Å². The fourth-order valence-electron chi connectivity index (χ4n) is 2.04. The summed E-state index contributed by atoms with van der Waals surface area (Å²) in [6.07, 6.45) is 20.3. The first-order valence-electron chi connectivity index (χ1n) is 7.72. The molecule has 2 N–H and O–H groups in total. The third kappa shape index (κ3) is 7.47. The quantitative estimate of drug-likeness (QED) is 0.279. The summed E-state index contributed by atoms with van der Waals surface area (Å²) in [6.45, 7) is 9.17. The van der Waals surface area contributed by atoms with E-state index in [1.165, 1.54) is 31.9 Å². The maximum absolute atomic E-state index is 5.44. The summed E-state index contributed by atoms with van der Waals surface area (Å²) < 4.78 is 11.3. The number of aryl methyl sites for hydroxylation is 1. The molecule has 0 unspecified atom stereocenters. The van der Waals surface area contributed by atoms with E-state index in [1.54, 1.807) is 29.6 Å². The Hall–Kier alpha value is -2.30. The van der Waals surface area contributed by atoms with Crippen molar-refractivity contribution in [3.8, 4) is 0 Å². The Balaban J connectivity index is 1.99. The molecule has 0 amide bonds. The van der Waals surface area contributed by atoms with Gasteiger partial charge in [-0.2, -0.15) is 0 Å². The fraction of sp³-hybridized carbons (Fsp3) is 0.412. The lowest BCUT2D eigenvalue weighted by Gasteiger charge is -2.00. The Kier molecular flexibility index (Phi) is 9.17. The van der Waals surface area contributed by atoms with E-state index in [0.717, 1.165) is 19.6 Å². The number of aromatic nitrogens is 2. The van der Waals surface area contributed by atoms with Crippen LogP contribution in [0.1, 0.15) is 32.1 Å². The van der Waals surface area contributed by atoms with Crippen LogP contribution in [0.15, 0.2) is 50.5 Å². The van der Waals surface area contributed by atoms with Crippen LogP contribution in [-0.4, -0.2) is 22.2 Å². The summed E-state index contributed by atoms with van der Waals surface area (Å²) in [7, 11) is 0. The third-order valence-corrected chi connectivity index (χ3v) is 3.27. The van der Waals surface area contributed by atoms with Crippen LogP contribution >= 0.6 is 0 Å². The Morgan fingerprint density at radius 1 is 1.18 bits per heavy atom. The average molecular weight is 304 g/mol. The van der Waals surface area contributed by atoms with Gasteiger partial charge in [0.1, 0.15) is 12.4 Å². The Morgan fingerprint density at radius 3 is 2.64 bits per heavy atom. The first-order chi connectivity index (χ1) is 10.8. The molecule has 0 aliphatic carbocycles. The molecule has 5 heteroatoms. The maximum Gasteiger partial charge on any atom is 0.334 e. The van der Waals surface area contributed by atoms with Gasteiger partial charge in [-0.15, -0.1) is 4.58 Å². The van der Waals surface area contributed by atoms with Crippen molar-refractivity contribution in [2.24, 2.45) is 5.73 Å². The van der Waals surface area contributed by atoms with Gasteiger partial charge in [-0.3, -0.25) is 0 Å². The van der Waals surface area contributed by atoms with Crippen LogP contribution in [0.2, 0.25) is 0 Å². The summed E-state index contributed by atoms with van der Waals surface area (Å²) in [4.78, 5) is 0. The first-order valence-corrected chi connectivity index (χ1v) is 7.72. The number of unbranched alkanes of at least 4 members (excludes halogenated alkanes) is 4. The molecule has 1 aromatic rings. The van der Waals surface area contributed by atoms with Gasteiger partial charge in [-0.1, -0.05) is 19.4 Å². The molecule has 0 atom stereocenters. The number of hydrogen-bond acceptors (Lipinski definition) is 2. The fourth-order valence-corrected chi connectivity index (χ4v) is 2.04. The second-order valence-electron chi connectivity index (χ2n) is 5.00. The second kappa shape index (κ2) is 11.4. The van der Waals surface area contributed by atoms with Gasteiger partial charge in [0.15, 0.2) is 12.4 Å². The minimum absolute atomic E-state index is 0.722. The molecule has 0 fully saturated rings. The molecule has 0 saturated heterocycles. The smallest absolute Gasteiger partial charge is 0.334 e. The molecule has 0 spiro atoms. The number of rotatable bonds is 12. The van der Waals surface area contributed by atoms with Crippen LogP contribution in [0.25, 0.3) is 6.20 Å². The highest BCUT2D eigenvalue weighted by atomic mass is 16.5. The van der Waals surface area contributed by atoms with Crippen LogP contribution in [0.3, 0.4) is 0 Å². The van der Waals surface area contributed by atoms with E-state index in [2.05, 4.69) is 30.2 Å². The molecule has 5 nitrogen and oxygen atoms in total. The third-order valence-electron chi connectivity index (χ3n) is 3.27. The molecule has 120 valence electrons. The van der Waals surface area contributed by atoms with Crippen molar-refractivity contribution in [1.82, 2.24) is 4.57 Å². The van der Waals surface area contributed by atoms with Crippen molar-refractivity contribution in [2.75, 3.05) is 6.61 Å². The summed E-state index contributed by atoms with van der Waals surface area (Å²) >= 11 is 0. The van der Waals surface area contributed by atoms with E-state index < -0.39 is 0 Å². The van der Waals surface area contributed by atoms with Gasteiger partial charge in [0, 0.05) is 0 Å². The lowest BCUT2D eigenvalue weighted by molar-refractivity contribution is -0.696. The maximum atomic E-state index is 5.44. The normalized spacial score (nSPS) is 11.7. The standard InChI is InChI=1S/C17H28N4O/c1-3-19-13-14-21(16-19)11-8-6-5-7-9-15-22-17-20(4-2)12-10-18/h3-4,10,12-14,16-17H,1-2,5-9,11,15,18H2/q+2/b12-10-,20-17?. The monoisotopic (exact) mass is 304 g/mol. The van der Waals surface area contributed by atoms with E-state index in [9.17, 15) is 0 Å². The van der Waals surface area contributed by atoms with Gasteiger partial charge in [0.05, 0.1) is 25.6 Å². The highest BCUT2D eigenvalue weighted by Gasteiger charge is 2.00. The Morgan fingerprint density at radius 2 is 1.95 bits per heavy atom. The zero-order chi connectivity index (χ0) is 16.0. The second-order valence-corrected chi connectivity index (χ2v) is 5.00. The number of nitrogens with zero attached hydrogens (tertiary/aromatic N) is 3. The van der Waals surface area contributed by atoms with Crippen molar-refractivity contribution < 1.29 is 13.9 Å². The molecule has 1 aromatic heterocycles. The van der Waals surface area contributed by atoms with Gasteiger partial charge in [-0.05, 0) is 25.8 Å². The lowest BCUT2D eigenvalue weighted by atomic mass is 10.1. The number of nitrogens with two attached hydrogens (primary N) is 1. The van der Waals surface area contributed by atoms with Crippen LogP contribution in [0.5, 0.6) is 0 Å². The SMILES string of the molecule is C=Cn1cc[n+](CCCCCCCOC=[N+](C=C)/C=C\N)c1. The molecule has 0 aliphatic rings. The van der Waals surface area contributed by atoms with E-state index in [-0.39, 0.29) is 0 Å².